The molecular weight excluding hydrogens is 324 g/mol. The first-order chi connectivity index (χ1) is 12.7. The van der Waals surface area contributed by atoms with Gasteiger partial charge >= 0.3 is 0 Å². The molecule has 1 aromatic carbocycles. The minimum atomic E-state index is 0.779. The van der Waals surface area contributed by atoms with Crippen LogP contribution in [-0.4, -0.2) is 60.1 Å². The number of likely N-dealkylation sites (tertiary alicyclic amines) is 1. The molecule has 1 fully saturated rings. The van der Waals surface area contributed by atoms with Crippen LogP contribution in [0, 0.1) is 5.92 Å². The number of hydrogen-bond donors (Lipinski definition) is 1. The third-order valence-electron chi connectivity index (χ3n) is 5.12. The molecule has 0 atom stereocenters. The van der Waals surface area contributed by atoms with E-state index in [-0.39, 0.29) is 0 Å². The van der Waals surface area contributed by atoms with Gasteiger partial charge in [0.1, 0.15) is 5.75 Å². The highest BCUT2D eigenvalue weighted by atomic mass is 16.5. The van der Waals surface area contributed by atoms with Crippen LogP contribution in [0.25, 0.3) is 0 Å². The number of aromatic nitrogens is 2. The Labute approximate surface area is 157 Å². The highest BCUT2D eigenvalue weighted by Gasteiger charge is 2.19. The van der Waals surface area contributed by atoms with Crippen molar-refractivity contribution in [3.63, 3.8) is 0 Å². The second-order valence-electron chi connectivity index (χ2n) is 7.65. The molecule has 0 radical (unpaired) electrons. The zero-order valence-electron chi connectivity index (χ0n) is 16.2. The molecule has 3 rings (SSSR count). The standard InChI is InChI=1S/C21H32N4O/c1-24(2)10-3-13-26-21-6-4-19(5-7-21)16-25-11-8-18(9-12-25)14-20-15-22-17-23-20/h4-7,15,17-18H,3,8-14,16H2,1-2H3,(H,22,23). The van der Waals surface area contributed by atoms with Crippen LogP contribution in [0.2, 0.25) is 0 Å². The maximum absolute atomic E-state index is 5.82. The van der Waals surface area contributed by atoms with Gasteiger partial charge in [-0.05, 0) is 76.5 Å². The van der Waals surface area contributed by atoms with Crippen molar-refractivity contribution in [2.45, 2.75) is 32.2 Å². The molecule has 1 aliphatic rings. The van der Waals surface area contributed by atoms with Crippen LogP contribution < -0.4 is 4.74 Å². The number of imidazole rings is 1. The molecule has 0 amide bonds. The molecule has 0 aliphatic carbocycles. The predicted octanol–water partition coefficient (Wildman–Crippen LogP) is 3.19. The normalized spacial score (nSPS) is 16.3. The topological polar surface area (TPSA) is 44.4 Å². The zero-order valence-corrected chi connectivity index (χ0v) is 16.2. The third kappa shape index (κ3) is 6.15. The van der Waals surface area contributed by atoms with E-state index in [0.29, 0.717) is 0 Å². The first kappa shape index (κ1) is 18.9. The number of hydrogen-bond acceptors (Lipinski definition) is 4. The van der Waals surface area contributed by atoms with Crippen LogP contribution in [0.1, 0.15) is 30.5 Å². The minimum Gasteiger partial charge on any atom is -0.494 e. The van der Waals surface area contributed by atoms with Gasteiger partial charge in [0.05, 0.1) is 12.9 Å². The summed E-state index contributed by atoms with van der Waals surface area (Å²) in [5.74, 6) is 1.76. The van der Waals surface area contributed by atoms with E-state index in [0.717, 1.165) is 44.2 Å². The molecule has 142 valence electrons. The van der Waals surface area contributed by atoms with Crippen LogP contribution in [0.5, 0.6) is 5.75 Å². The number of aromatic amines is 1. The number of H-pyrrole nitrogens is 1. The number of ether oxygens (including phenoxy) is 1. The minimum absolute atomic E-state index is 0.779. The largest absolute Gasteiger partial charge is 0.494 e. The molecule has 1 aliphatic heterocycles. The van der Waals surface area contributed by atoms with E-state index < -0.39 is 0 Å². The highest BCUT2D eigenvalue weighted by molar-refractivity contribution is 5.27. The summed E-state index contributed by atoms with van der Waals surface area (Å²) in [6.45, 7) is 5.25. The summed E-state index contributed by atoms with van der Waals surface area (Å²) in [6.07, 6.45) is 8.46. The average Bonchev–Trinajstić information content (AvgIpc) is 3.15. The summed E-state index contributed by atoms with van der Waals surface area (Å²) < 4.78 is 5.82. The molecule has 2 aromatic rings. The monoisotopic (exact) mass is 356 g/mol. The fraction of sp³-hybridized carbons (Fsp3) is 0.571. The quantitative estimate of drug-likeness (QED) is 0.701. The maximum atomic E-state index is 5.82. The lowest BCUT2D eigenvalue weighted by Crippen LogP contribution is -2.33. The van der Waals surface area contributed by atoms with Crippen molar-refractivity contribution in [2.75, 3.05) is 40.3 Å². The van der Waals surface area contributed by atoms with Crippen LogP contribution in [0.3, 0.4) is 0 Å². The van der Waals surface area contributed by atoms with Gasteiger partial charge in [-0.2, -0.15) is 0 Å². The molecular formula is C21H32N4O. The SMILES string of the molecule is CN(C)CCCOc1ccc(CN2CCC(Cc3cnc[nH]3)CC2)cc1. The molecule has 1 aromatic heterocycles. The maximum Gasteiger partial charge on any atom is 0.119 e. The third-order valence-corrected chi connectivity index (χ3v) is 5.12. The number of benzene rings is 1. The predicted molar refractivity (Wildman–Crippen MR) is 105 cm³/mol. The zero-order chi connectivity index (χ0) is 18.2. The van der Waals surface area contributed by atoms with Crippen molar-refractivity contribution in [2.24, 2.45) is 5.92 Å². The Kier molecular flexibility index (Phi) is 7.09. The van der Waals surface area contributed by atoms with Crippen molar-refractivity contribution in [1.29, 1.82) is 0 Å². The molecule has 2 heterocycles. The first-order valence-corrected chi connectivity index (χ1v) is 9.75. The van der Waals surface area contributed by atoms with E-state index in [1.165, 1.54) is 37.2 Å². The fourth-order valence-corrected chi connectivity index (χ4v) is 3.58. The van der Waals surface area contributed by atoms with E-state index >= 15 is 0 Å². The molecule has 0 unspecified atom stereocenters. The van der Waals surface area contributed by atoms with Gasteiger partial charge in [-0.25, -0.2) is 4.98 Å². The molecule has 0 saturated carbocycles. The molecule has 0 spiro atoms. The van der Waals surface area contributed by atoms with Gasteiger partial charge in [-0.1, -0.05) is 12.1 Å². The summed E-state index contributed by atoms with van der Waals surface area (Å²) in [6, 6.07) is 8.63. The van der Waals surface area contributed by atoms with Crippen LogP contribution >= 0.6 is 0 Å². The van der Waals surface area contributed by atoms with Crippen LogP contribution in [0.4, 0.5) is 0 Å². The Bertz CT molecular complexity index is 616. The van der Waals surface area contributed by atoms with E-state index in [4.69, 9.17) is 4.74 Å². The first-order valence-electron chi connectivity index (χ1n) is 9.75. The summed E-state index contributed by atoms with van der Waals surface area (Å²) in [4.78, 5) is 12.1. The van der Waals surface area contributed by atoms with Gasteiger partial charge in [-0.15, -0.1) is 0 Å². The molecule has 1 N–H and O–H groups in total. The van der Waals surface area contributed by atoms with E-state index in [2.05, 4.69) is 58.1 Å². The number of piperidine rings is 1. The smallest absolute Gasteiger partial charge is 0.119 e. The number of nitrogens with zero attached hydrogens (tertiary/aromatic N) is 3. The average molecular weight is 357 g/mol. The Hall–Kier alpha value is -1.85. The summed E-state index contributed by atoms with van der Waals surface area (Å²) in [7, 11) is 4.18. The second-order valence-corrected chi connectivity index (χ2v) is 7.65. The van der Waals surface area contributed by atoms with E-state index in [1.54, 1.807) is 6.33 Å². The Morgan fingerprint density at radius 2 is 1.96 bits per heavy atom. The van der Waals surface area contributed by atoms with Crippen molar-refractivity contribution >= 4 is 0 Å². The summed E-state index contributed by atoms with van der Waals surface area (Å²) in [5.41, 5.74) is 2.64. The molecule has 1 saturated heterocycles. The highest BCUT2D eigenvalue weighted by Crippen LogP contribution is 2.22. The molecule has 26 heavy (non-hydrogen) atoms. The van der Waals surface area contributed by atoms with Crippen LogP contribution in [0.15, 0.2) is 36.8 Å². The van der Waals surface area contributed by atoms with Gasteiger partial charge in [0.25, 0.3) is 0 Å². The van der Waals surface area contributed by atoms with Crippen LogP contribution in [-0.2, 0) is 13.0 Å². The van der Waals surface area contributed by atoms with Gasteiger partial charge in [-0.3, -0.25) is 4.90 Å². The van der Waals surface area contributed by atoms with Crippen molar-refractivity contribution < 1.29 is 4.74 Å². The van der Waals surface area contributed by atoms with Gasteiger partial charge in [0, 0.05) is 25.0 Å². The van der Waals surface area contributed by atoms with Gasteiger partial charge in [0.15, 0.2) is 0 Å². The molecule has 5 nitrogen and oxygen atoms in total. The Morgan fingerprint density at radius 3 is 2.62 bits per heavy atom. The van der Waals surface area contributed by atoms with Crippen molar-refractivity contribution in [1.82, 2.24) is 19.8 Å². The lowest BCUT2D eigenvalue weighted by molar-refractivity contribution is 0.176. The lowest BCUT2D eigenvalue weighted by Gasteiger charge is -2.31. The van der Waals surface area contributed by atoms with Gasteiger partial charge in [0.2, 0.25) is 0 Å². The lowest BCUT2D eigenvalue weighted by atomic mass is 9.92. The summed E-state index contributed by atoms with van der Waals surface area (Å²) in [5, 5.41) is 0. The fourth-order valence-electron chi connectivity index (χ4n) is 3.58. The molecule has 5 heteroatoms. The van der Waals surface area contributed by atoms with Crippen molar-refractivity contribution in [3.05, 3.63) is 48.0 Å². The summed E-state index contributed by atoms with van der Waals surface area (Å²) >= 11 is 0. The number of rotatable bonds is 9. The van der Waals surface area contributed by atoms with Gasteiger partial charge < -0.3 is 14.6 Å². The Morgan fingerprint density at radius 1 is 1.19 bits per heavy atom. The second kappa shape index (κ2) is 9.74. The Balaban J connectivity index is 1.37. The van der Waals surface area contributed by atoms with E-state index in [9.17, 15) is 0 Å². The van der Waals surface area contributed by atoms with E-state index in [1.807, 2.05) is 6.20 Å². The molecule has 0 bridgehead atoms. The number of nitrogens with one attached hydrogen (secondary N) is 1. The van der Waals surface area contributed by atoms with Crippen molar-refractivity contribution in [3.8, 4) is 5.75 Å².